The molecule has 1 unspecified atom stereocenters. The van der Waals surface area contributed by atoms with Gasteiger partial charge in [-0.25, -0.2) is 0 Å². The first-order chi connectivity index (χ1) is 10.4. The van der Waals surface area contributed by atoms with E-state index >= 15 is 0 Å². The summed E-state index contributed by atoms with van der Waals surface area (Å²) in [6, 6.07) is 28.0. The third kappa shape index (κ3) is 2.09. The van der Waals surface area contributed by atoms with Crippen molar-refractivity contribution in [2.45, 2.75) is 5.92 Å². The first-order valence-electron chi connectivity index (χ1n) is 7.35. The van der Waals surface area contributed by atoms with Gasteiger partial charge < -0.3 is 0 Å². The van der Waals surface area contributed by atoms with Crippen LogP contribution in [0.4, 0.5) is 0 Å². The maximum atomic E-state index is 2.31. The Labute approximate surface area is 125 Å². The maximum Gasteiger partial charge on any atom is 0.0278 e. The minimum absolute atomic E-state index is 0.380. The zero-order valence-electron chi connectivity index (χ0n) is 11.7. The Bertz CT molecular complexity index is 783. The van der Waals surface area contributed by atoms with Gasteiger partial charge in [-0.15, -0.1) is 0 Å². The summed E-state index contributed by atoms with van der Waals surface area (Å²) in [4.78, 5) is 0. The summed E-state index contributed by atoms with van der Waals surface area (Å²) >= 11 is 0. The second-order valence-corrected chi connectivity index (χ2v) is 5.42. The number of fused-ring (bicyclic) bond motifs is 1. The Morgan fingerprint density at radius 1 is 0.619 bits per heavy atom. The van der Waals surface area contributed by atoms with Crippen molar-refractivity contribution >= 4 is 6.08 Å². The molecule has 1 aliphatic carbocycles. The van der Waals surface area contributed by atoms with Crippen LogP contribution in [0.3, 0.4) is 0 Å². The van der Waals surface area contributed by atoms with Gasteiger partial charge in [-0.3, -0.25) is 0 Å². The van der Waals surface area contributed by atoms with Crippen molar-refractivity contribution in [3.8, 4) is 11.1 Å². The fourth-order valence-electron chi connectivity index (χ4n) is 3.16. The highest BCUT2D eigenvalue weighted by molar-refractivity contribution is 5.81. The van der Waals surface area contributed by atoms with Gasteiger partial charge in [0.2, 0.25) is 0 Å². The van der Waals surface area contributed by atoms with Crippen molar-refractivity contribution in [3.63, 3.8) is 0 Å². The van der Waals surface area contributed by atoms with Crippen LogP contribution >= 0.6 is 0 Å². The van der Waals surface area contributed by atoms with E-state index in [4.69, 9.17) is 0 Å². The Balaban J connectivity index is 1.84. The lowest BCUT2D eigenvalue weighted by Crippen LogP contribution is -1.96. The first-order valence-corrected chi connectivity index (χ1v) is 7.35. The molecule has 3 aromatic carbocycles. The Kier molecular flexibility index (Phi) is 2.93. The van der Waals surface area contributed by atoms with Gasteiger partial charge >= 0.3 is 0 Å². The summed E-state index contributed by atoms with van der Waals surface area (Å²) in [7, 11) is 0. The number of rotatable bonds is 2. The molecule has 100 valence electrons. The van der Waals surface area contributed by atoms with Crippen molar-refractivity contribution in [1.82, 2.24) is 0 Å². The van der Waals surface area contributed by atoms with Crippen LogP contribution < -0.4 is 0 Å². The fourth-order valence-corrected chi connectivity index (χ4v) is 3.16. The molecule has 0 spiro atoms. The van der Waals surface area contributed by atoms with Crippen LogP contribution in [0.5, 0.6) is 0 Å². The first kappa shape index (κ1) is 12.2. The van der Waals surface area contributed by atoms with Crippen LogP contribution in [-0.2, 0) is 0 Å². The van der Waals surface area contributed by atoms with Crippen LogP contribution in [0.25, 0.3) is 17.2 Å². The van der Waals surface area contributed by atoms with E-state index in [1.807, 2.05) is 0 Å². The fraction of sp³-hybridized carbons (Fsp3) is 0.0476. The predicted octanol–water partition coefficient (Wildman–Crippen LogP) is 5.51. The van der Waals surface area contributed by atoms with E-state index in [9.17, 15) is 0 Å². The molecule has 0 heteroatoms. The van der Waals surface area contributed by atoms with E-state index in [0.717, 1.165) is 0 Å². The summed E-state index contributed by atoms with van der Waals surface area (Å²) < 4.78 is 0. The zero-order valence-corrected chi connectivity index (χ0v) is 11.7. The van der Waals surface area contributed by atoms with Gasteiger partial charge in [0.1, 0.15) is 0 Å². The van der Waals surface area contributed by atoms with Gasteiger partial charge in [0, 0.05) is 5.92 Å². The average molecular weight is 268 g/mol. The number of benzene rings is 3. The highest BCUT2D eigenvalue weighted by atomic mass is 14.2. The van der Waals surface area contributed by atoms with Crippen molar-refractivity contribution in [2.24, 2.45) is 0 Å². The van der Waals surface area contributed by atoms with Crippen molar-refractivity contribution in [2.75, 3.05) is 0 Å². The van der Waals surface area contributed by atoms with E-state index in [1.165, 1.54) is 27.8 Å². The summed E-state index contributed by atoms with van der Waals surface area (Å²) in [5.74, 6) is 0.380. The Morgan fingerprint density at radius 3 is 2.10 bits per heavy atom. The van der Waals surface area contributed by atoms with Gasteiger partial charge in [0.05, 0.1) is 0 Å². The highest BCUT2D eigenvalue weighted by Gasteiger charge is 2.21. The standard InChI is InChI=1S/C21H16/c1-3-8-16(9-4-1)18-12-7-13-20-19(14-15-21(18)20)17-10-5-2-6-11-17/h1-15,19H. The lowest BCUT2D eigenvalue weighted by molar-refractivity contribution is 1.05. The monoisotopic (exact) mass is 268 g/mol. The molecule has 0 saturated carbocycles. The van der Waals surface area contributed by atoms with Gasteiger partial charge in [-0.05, 0) is 27.8 Å². The van der Waals surface area contributed by atoms with Crippen molar-refractivity contribution < 1.29 is 0 Å². The molecule has 0 bridgehead atoms. The Morgan fingerprint density at radius 2 is 1.33 bits per heavy atom. The van der Waals surface area contributed by atoms with E-state index in [0.29, 0.717) is 5.92 Å². The molecule has 0 radical (unpaired) electrons. The van der Waals surface area contributed by atoms with E-state index < -0.39 is 0 Å². The molecule has 0 saturated heterocycles. The van der Waals surface area contributed by atoms with E-state index in [1.54, 1.807) is 0 Å². The molecule has 1 aliphatic rings. The Hall–Kier alpha value is -2.60. The minimum atomic E-state index is 0.380. The van der Waals surface area contributed by atoms with Gasteiger partial charge in [0.15, 0.2) is 0 Å². The lowest BCUT2D eigenvalue weighted by Gasteiger charge is -2.14. The maximum absolute atomic E-state index is 2.31. The molecule has 0 amide bonds. The number of allylic oxidation sites excluding steroid dienone is 1. The van der Waals surface area contributed by atoms with Crippen molar-refractivity contribution in [3.05, 3.63) is 102 Å². The van der Waals surface area contributed by atoms with Crippen LogP contribution in [0.15, 0.2) is 84.9 Å². The second kappa shape index (κ2) is 5.06. The quantitative estimate of drug-likeness (QED) is 0.574. The molecular formula is C21H16. The topological polar surface area (TPSA) is 0 Å². The van der Waals surface area contributed by atoms with Gasteiger partial charge in [0.25, 0.3) is 0 Å². The van der Waals surface area contributed by atoms with E-state index in [2.05, 4.69) is 91.0 Å². The molecular weight excluding hydrogens is 252 g/mol. The summed E-state index contributed by atoms with van der Waals surface area (Å²) in [5.41, 5.74) is 6.73. The summed E-state index contributed by atoms with van der Waals surface area (Å²) in [6.07, 6.45) is 4.59. The largest absolute Gasteiger partial charge is 0.0720 e. The lowest BCUT2D eigenvalue weighted by atomic mass is 9.90. The molecule has 0 aliphatic heterocycles. The van der Waals surface area contributed by atoms with Crippen LogP contribution in [0.1, 0.15) is 22.6 Å². The average Bonchev–Trinajstić information content (AvgIpc) is 3.00. The molecule has 3 aromatic rings. The molecule has 0 aromatic heterocycles. The number of hydrogen-bond acceptors (Lipinski definition) is 0. The smallest absolute Gasteiger partial charge is 0.0278 e. The molecule has 0 nitrogen and oxygen atoms in total. The van der Waals surface area contributed by atoms with Gasteiger partial charge in [-0.2, -0.15) is 0 Å². The third-order valence-electron chi connectivity index (χ3n) is 4.17. The summed E-state index contributed by atoms with van der Waals surface area (Å²) in [6.45, 7) is 0. The van der Waals surface area contributed by atoms with Crippen LogP contribution in [0.2, 0.25) is 0 Å². The summed E-state index contributed by atoms with van der Waals surface area (Å²) in [5, 5.41) is 0. The SMILES string of the molecule is C1=CC(c2ccccc2)c2cccc(-c3ccccc3)c21. The predicted molar refractivity (Wildman–Crippen MR) is 89.2 cm³/mol. The molecule has 0 N–H and O–H groups in total. The molecule has 1 atom stereocenters. The highest BCUT2D eigenvalue weighted by Crippen LogP contribution is 2.39. The third-order valence-corrected chi connectivity index (χ3v) is 4.17. The minimum Gasteiger partial charge on any atom is -0.0720 e. The molecule has 0 heterocycles. The normalized spacial score (nSPS) is 15.9. The second-order valence-electron chi connectivity index (χ2n) is 5.42. The van der Waals surface area contributed by atoms with Gasteiger partial charge in [-0.1, -0.05) is 91.0 Å². The molecule has 21 heavy (non-hydrogen) atoms. The van der Waals surface area contributed by atoms with Crippen molar-refractivity contribution in [1.29, 1.82) is 0 Å². The number of hydrogen-bond donors (Lipinski definition) is 0. The van der Waals surface area contributed by atoms with Crippen LogP contribution in [0, 0.1) is 0 Å². The van der Waals surface area contributed by atoms with Crippen LogP contribution in [-0.4, -0.2) is 0 Å². The van der Waals surface area contributed by atoms with E-state index in [-0.39, 0.29) is 0 Å². The molecule has 0 fully saturated rings. The zero-order chi connectivity index (χ0) is 14.1. The molecule has 4 rings (SSSR count).